The third-order valence-electron chi connectivity index (χ3n) is 2.26. The zero-order valence-electron chi connectivity index (χ0n) is 8.34. The van der Waals surface area contributed by atoms with Crippen molar-refractivity contribution in [3.05, 3.63) is 35.4 Å². The van der Waals surface area contributed by atoms with Crippen LogP contribution in [-0.4, -0.2) is 12.1 Å². The number of aryl methyl sites for hydroxylation is 1. The van der Waals surface area contributed by atoms with Crippen LogP contribution in [0, 0.1) is 18.6 Å². The Kier molecular flexibility index (Phi) is 2.26. The summed E-state index contributed by atoms with van der Waals surface area (Å²) in [6, 6.07) is 4.29. The molecule has 0 N–H and O–H groups in total. The van der Waals surface area contributed by atoms with Gasteiger partial charge in [-0.1, -0.05) is 0 Å². The van der Waals surface area contributed by atoms with E-state index in [1.54, 1.807) is 13.0 Å². The van der Waals surface area contributed by atoms with Crippen molar-refractivity contribution in [1.29, 1.82) is 0 Å². The Morgan fingerprint density at radius 1 is 1.27 bits per heavy atom. The first-order chi connectivity index (χ1) is 7.13. The molecule has 0 saturated carbocycles. The maximum atomic E-state index is 13.4. The van der Waals surface area contributed by atoms with Gasteiger partial charge >= 0.3 is 0 Å². The zero-order valence-corrected chi connectivity index (χ0v) is 8.34. The summed E-state index contributed by atoms with van der Waals surface area (Å²) in [5.41, 5.74) is 0.808. The number of aromatic nitrogens is 1. The Morgan fingerprint density at radius 2 is 2.00 bits per heavy atom. The maximum absolute atomic E-state index is 13.4. The average molecular weight is 209 g/mol. The fourth-order valence-corrected chi connectivity index (χ4v) is 1.48. The van der Waals surface area contributed by atoms with Crippen LogP contribution in [0.2, 0.25) is 0 Å². The van der Waals surface area contributed by atoms with Gasteiger partial charge in [0.25, 0.3) is 0 Å². The highest BCUT2D eigenvalue weighted by Gasteiger charge is 2.11. The van der Waals surface area contributed by atoms with Gasteiger partial charge in [0.1, 0.15) is 5.52 Å². The summed E-state index contributed by atoms with van der Waals surface area (Å²) in [5.74, 6) is -1.55. The van der Waals surface area contributed by atoms with Gasteiger partial charge in [-0.25, -0.2) is 13.8 Å². The van der Waals surface area contributed by atoms with E-state index in [-0.39, 0.29) is 11.4 Å². The van der Waals surface area contributed by atoms with Crippen molar-refractivity contribution in [3.63, 3.8) is 0 Å². The molecule has 4 heteroatoms. The van der Waals surface area contributed by atoms with Gasteiger partial charge in [-0.05, 0) is 24.6 Å². The van der Waals surface area contributed by atoms with Gasteiger partial charge in [-0.3, -0.25) is 0 Å². The number of nitrogens with zero attached hydrogens (tertiary/aromatic N) is 1. The first-order valence-corrected chi connectivity index (χ1v) is 4.43. The highest BCUT2D eigenvalue weighted by atomic mass is 19.2. The van der Waals surface area contributed by atoms with Crippen molar-refractivity contribution >= 4 is 10.9 Å². The molecule has 0 spiro atoms. The van der Waals surface area contributed by atoms with Gasteiger partial charge in [0.15, 0.2) is 11.6 Å². The summed E-state index contributed by atoms with van der Waals surface area (Å²) in [7, 11) is 1.44. The molecule has 0 aliphatic heterocycles. The molecule has 1 aromatic carbocycles. The van der Waals surface area contributed by atoms with Crippen LogP contribution in [0.15, 0.2) is 18.2 Å². The normalized spacial score (nSPS) is 10.7. The van der Waals surface area contributed by atoms with Crippen molar-refractivity contribution in [2.24, 2.45) is 0 Å². The number of hydrogen-bond donors (Lipinski definition) is 0. The molecule has 0 amide bonds. The summed E-state index contributed by atoms with van der Waals surface area (Å²) in [6.45, 7) is 1.80. The number of ether oxygens (including phenoxy) is 1. The van der Waals surface area contributed by atoms with Gasteiger partial charge in [0, 0.05) is 11.5 Å². The predicted octanol–water partition coefficient (Wildman–Crippen LogP) is 2.83. The van der Waals surface area contributed by atoms with Crippen molar-refractivity contribution in [3.8, 4) is 5.88 Å². The molecule has 2 rings (SSSR count). The van der Waals surface area contributed by atoms with E-state index in [9.17, 15) is 8.78 Å². The molecule has 1 heterocycles. The summed E-state index contributed by atoms with van der Waals surface area (Å²) >= 11 is 0. The van der Waals surface area contributed by atoms with E-state index >= 15 is 0 Å². The van der Waals surface area contributed by atoms with Gasteiger partial charge in [0.05, 0.1) is 7.11 Å². The van der Waals surface area contributed by atoms with Crippen LogP contribution in [0.25, 0.3) is 10.9 Å². The Bertz CT molecular complexity index is 525. The van der Waals surface area contributed by atoms with Gasteiger partial charge in [-0.15, -0.1) is 0 Å². The highest BCUT2D eigenvalue weighted by molar-refractivity contribution is 5.83. The lowest BCUT2D eigenvalue weighted by Gasteiger charge is -2.06. The zero-order chi connectivity index (χ0) is 11.0. The predicted molar refractivity (Wildman–Crippen MR) is 52.9 cm³/mol. The summed E-state index contributed by atoms with van der Waals surface area (Å²) in [6.07, 6.45) is 0. The van der Waals surface area contributed by atoms with E-state index in [0.29, 0.717) is 5.39 Å². The second-order valence-corrected chi connectivity index (χ2v) is 3.24. The molecule has 78 valence electrons. The Balaban J connectivity index is 2.86. The third kappa shape index (κ3) is 1.52. The van der Waals surface area contributed by atoms with E-state index in [0.717, 1.165) is 11.6 Å². The number of benzene rings is 1. The molecule has 15 heavy (non-hydrogen) atoms. The van der Waals surface area contributed by atoms with E-state index in [1.807, 2.05) is 0 Å². The highest BCUT2D eigenvalue weighted by Crippen LogP contribution is 2.24. The smallest absolute Gasteiger partial charge is 0.213 e. The van der Waals surface area contributed by atoms with Gasteiger partial charge in [0.2, 0.25) is 5.88 Å². The second kappa shape index (κ2) is 3.46. The molecule has 2 aromatic rings. The number of fused-ring (bicyclic) bond motifs is 1. The lowest BCUT2D eigenvalue weighted by atomic mass is 10.1. The van der Waals surface area contributed by atoms with E-state index in [4.69, 9.17) is 4.74 Å². The quantitative estimate of drug-likeness (QED) is 0.720. The maximum Gasteiger partial charge on any atom is 0.213 e. The first kappa shape index (κ1) is 9.83. The van der Waals surface area contributed by atoms with Crippen LogP contribution in [0.3, 0.4) is 0 Å². The first-order valence-electron chi connectivity index (χ1n) is 4.43. The lowest BCUT2D eigenvalue weighted by molar-refractivity contribution is 0.398. The molecule has 0 unspecified atom stereocenters. The number of halogens is 2. The van der Waals surface area contributed by atoms with E-state index < -0.39 is 11.6 Å². The molecule has 0 aliphatic carbocycles. The lowest BCUT2D eigenvalue weighted by Crippen LogP contribution is -1.95. The van der Waals surface area contributed by atoms with Crippen molar-refractivity contribution < 1.29 is 13.5 Å². The van der Waals surface area contributed by atoms with Crippen LogP contribution in [0.1, 0.15) is 5.56 Å². The van der Waals surface area contributed by atoms with E-state index in [1.165, 1.54) is 13.2 Å². The molecular formula is C11H9F2NO. The molecule has 0 aliphatic rings. The monoisotopic (exact) mass is 209 g/mol. The van der Waals surface area contributed by atoms with Crippen LogP contribution in [-0.2, 0) is 0 Å². The third-order valence-corrected chi connectivity index (χ3v) is 2.26. The second-order valence-electron chi connectivity index (χ2n) is 3.24. The van der Waals surface area contributed by atoms with Crippen molar-refractivity contribution in [2.75, 3.05) is 7.11 Å². The SMILES string of the molecule is COc1cc(C)c2ccc(F)c(F)c2n1. The largest absolute Gasteiger partial charge is 0.481 e. The Labute approximate surface area is 85.5 Å². The minimum Gasteiger partial charge on any atom is -0.481 e. The van der Waals surface area contributed by atoms with Gasteiger partial charge in [-0.2, -0.15) is 0 Å². The fourth-order valence-electron chi connectivity index (χ4n) is 1.48. The van der Waals surface area contributed by atoms with Crippen LogP contribution < -0.4 is 4.74 Å². The molecular weight excluding hydrogens is 200 g/mol. The van der Waals surface area contributed by atoms with Crippen LogP contribution in [0.4, 0.5) is 8.78 Å². The van der Waals surface area contributed by atoms with Crippen molar-refractivity contribution in [1.82, 2.24) is 4.98 Å². The minimum atomic E-state index is -0.936. The number of rotatable bonds is 1. The molecule has 2 nitrogen and oxygen atoms in total. The summed E-state index contributed by atoms with van der Waals surface area (Å²) in [5, 5.41) is 0.592. The van der Waals surface area contributed by atoms with Gasteiger partial charge < -0.3 is 4.74 Å². The molecule has 0 radical (unpaired) electrons. The molecule has 0 fully saturated rings. The fraction of sp³-hybridized carbons (Fsp3) is 0.182. The molecule has 0 saturated heterocycles. The Hall–Kier alpha value is -1.71. The van der Waals surface area contributed by atoms with Crippen LogP contribution >= 0.6 is 0 Å². The minimum absolute atomic E-state index is 0.00634. The molecule has 0 atom stereocenters. The van der Waals surface area contributed by atoms with E-state index in [2.05, 4.69) is 4.98 Å². The van der Waals surface area contributed by atoms with Crippen molar-refractivity contribution in [2.45, 2.75) is 6.92 Å². The number of methoxy groups -OCH3 is 1. The Morgan fingerprint density at radius 3 is 2.67 bits per heavy atom. The summed E-state index contributed by atoms with van der Waals surface area (Å²) in [4.78, 5) is 3.88. The summed E-state index contributed by atoms with van der Waals surface area (Å²) < 4.78 is 31.3. The number of pyridine rings is 1. The average Bonchev–Trinajstić information content (AvgIpc) is 2.23. The topological polar surface area (TPSA) is 22.1 Å². The molecule has 1 aromatic heterocycles. The standard InChI is InChI=1S/C11H9F2NO/c1-6-5-9(15-2)14-11-7(6)3-4-8(12)10(11)13/h3-5H,1-2H3. The number of hydrogen-bond acceptors (Lipinski definition) is 2. The van der Waals surface area contributed by atoms with Crippen LogP contribution in [0.5, 0.6) is 5.88 Å². The molecule has 0 bridgehead atoms.